The number of imidazole rings is 1. The molecule has 0 N–H and O–H groups in total. The van der Waals surface area contributed by atoms with Gasteiger partial charge in [0.15, 0.2) is 0 Å². The smallest absolute Gasteiger partial charge is 0.137 e. The summed E-state index contributed by atoms with van der Waals surface area (Å²) >= 11 is 2.33. The first kappa shape index (κ1) is 8.23. The van der Waals surface area contributed by atoms with Gasteiger partial charge in [-0.2, -0.15) is 0 Å². The molecule has 0 unspecified atom stereocenters. The van der Waals surface area contributed by atoms with Crippen molar-refractivity contribution in [2.24, 2.45) is 0 Å². The zero-order valence-corrected chi connectivity index (χ0v) is 9.47. The summed E-state index contributed by atoms with van der Waals surface area (Å²) in [5, 5.41) is 1.25. The molecule has 2 heterocycles. The number of benzene rings is 1. The van der Waals surface area contributed by atoms with Gasteiger partial charge in [-0.1, -0.05) is 0 Å². The minimum atomic E-state index is 0.999. The minimum absolute atomic E-state index is 0.999. The first-order chi connectivity index (χ1) is 6.84. The maximum absolute atomic E-state index is 4.25. The molecule has 0 radical (unpaired) electrons. The topological polar surface area (TPSA) is 17.3 Å². The van der Waals surface area contributed by atoms with E-state index in [0.717, 1.165) is 5.65 Å². The lowest BCUT2D eigenvalue weighted by atomic mass is 10.2. The second-order valence-corrected chi connectivity index (χ2v) is 4.44. The third kappa shape index (κ3) is 1.12. The van der Waals surface area contributed by atoms with E-state index >= 15 is 0 Å². The van der Waals surface area contributed by atoms with Crippen LogP contribution in [0.4, 0.5) is 0 Å². The number of nitrogens with zero attached hydrogens (tertiary/aromatic N) is 2. The van der Waals surface area contributed by atoms with Crippen LogP contribution < -0.4 is 0 Å². The summed E-state index contributed by atoms with van der Waals surface area (Å²) in [7, 11) is 0. The van der Waals surface area contributed by atoms with Gasteiger partial charge >= 0.3 is 0 Å². The van der Waals surface area contributed by atoms with E-state index in [2.05, 4.69) is 56.2 Å². The molecule has 3 aromatic rings. The van der Waals surface area contributed by atoms with E-state index in [1.54, 1.807) is 0 Å². The van der Waals surface area contributed by atoms with Gasteiger partial charge in [0.05, 0.1) is 5.52 Å². The number of pyridine rings is 1. The summed E-state index contributed by atoms with van der Waals surface area (Å²) in [4.78, 5) is 4.25. The van der Waals surface area contributed by atoms with Crippen LogP contribution in [0.5, 0.6) is 0 Å². The zero-order valence-electron chi connectivity index (χ0n) is 7.31. The highest BCUT2D eigenvalue weighted by Gasteiger charge is 1.99. The summed E-state index contributed by atoms with van der Waals surface area (Å²) in [6.07, 6.45) is 3.82. The molecule has 0 saturated heterocycles. The van der Waals surface area contributed by atoms with Gasteiger partial charge in [0.2, 0.25) is 0 Å². The van der Waals surface area contributed by atoms with Gasteiger partial charge < -0.3 is 0 Å². The predicted molar refractivity (Wildman–Crippen MR) is 65.4 cm³/mol. The lowest BCUT2D eigenvalue weighted by molar-refractivity contribution is 1.26. The van der Waals surface area contributed by atoms with Crippen molar-refractivity contribution in [3.8, 4) is 0 Å². The number of hydrogen-bond donors (Lipinski definition) is 0. The summed E-state index contributed by atoms with van der Waals surface area (Å²) in [5.74, 6) is 0. The molecule has 2 aromatic heterocycles. The van der Waals surface area contributed by atoms with E-state index in [0.29, 0.717) is 0 Å². The monoisotopic (exact) mass is 294 g/mol. The molecule has 0 aliphatic rings. The number of fused-ring (bicyclic) bond motifs is 3. The predicted octanol–water partition coefficient (Wildman–Crippen LogP) is 3.09. The van der Waals surface area contributed by atoms with E-state index in [-0.39, 0.29) is 0 Å². The van der Waals surface area contributed by atoms with E-state index in [1.807, 2.05) is 18.5 Å². The molecule has 0 aliphatic carbocycles. The Hall–Kier alpha value is -1.10. The standard InChI is InChI=1S/C11H7IN2/c12-9-2-3-10-8(7-9)1-4-11-13-5-6-14(10)11/h1-7H. The lowest BCUT2D eigenvalue weighted by Gasteiger charge is -2.01. The Kier molecular flexibility index (Phi) is 1.73. The third-order valence-electron chi connectivity index (χ3n) is 2.33. The summed E-state index contributed by atoms with van der Waals surface area (Å²) < 4.78 is 3.36. The number of halogens is 1. The fourth-order valence-corrected chi connectivity index (χ4v) is 2.20. The molecule has 0 saturated carbocycles. The molecule has 0 amide bonds. The molecule has 0 fully saturated rings. The second kappa shape index (κ2) is 2.95. The molecule has 68 valence electrons. The van der Waals surface area contributed by atoms with Crippen molar-refractivity contribution in [1.82, 2.24) is 9.38 Å². The second-order valence-electron chi connectivity index (χ2n) is 3.19. The Labute approximate surface area is 94.7 Å². The van der Waals surface area contributed by atoms with E-state index < -0.39 is 0 Å². The number of hydrogen-bond acceptors (Lipinski definition) is 1. The van der Waals surface area contributed by atoms with Crippen LogP contribution >= 0.6 is 22.6 Å². The van der Waals surface area contributed by atoms with Crippen LogP contribution in [-0.4, -0.2) is 9.38 Å². The molecular weight excluding hydrogens is 287 g/mol. The molecule has 0 atom stereocenters. The maximum atomic E-state index is 4.25. The molecule has 3 heteroatoms. The van der Waals surface area contributed by atoms with E-state index in [1.165, 1.54) is 14.5 Å². The minimum Gasteiger partial charge on any atom is -0.300 e. The average molecular weight is 294 g/mol. The van der Waals surface area contributed by atoms with Crippen LogP contribution in [0.25, 0.3) is 16.6 Å². The fraction of sp³-hybridized carbons (Fsp3) is 0. The van der Waals surface area contributed by atoms with Gasteiger partial charge in [-0.25, -0.2) is 4.98 Å². The van der Waals surface area contributed by atoms with Crippen LogP contribution in [0, 0.1) is 3.57 Å². The molecule has 3 rings (SSSR count). The van der Waals surface area contributed by atoms with Gasteiger partial charge in [-0.15, -0.1) is 0 Å². The Balaban J connectivity index is 2.57. The Morgan fingerprint density at radius 1 is 1.14 bits per heavy atom. The quantitative estimate of drug-likeness (QED) is 0.582. The van der Waals surface area contributed by atoms with Crippen molar-refractivity contribution in [3.63, 3.8) is 0 Å². The molecule has 1 aromatic carbocycles. The van der Waals surface area contributed by atoms with Crippen LogP contribution in [0.1, 0.15) is 0 Å². The number of rotatable bonds is 0. The molecule has 0 spiro atoms. The van der Waals surface area contributed by atoms with Gasteiger partial charge in [0, 0.05) is 16.0 Å². The first-order valence-corrected chi connectivity index (χ1v) is 5.44. The molecule has 14 heavy (non-hydrogen) atoms. The summed E-state index contributed by atoms with van der Waals surface area (Å²) in [6.45, 7) is 0. The van der Waals surface area contributed by atoms with Crippen LogP contribution in [-0.2, 0) is 0 Å². The Bertz CT molecular complexity index is 613. The third-order valence-corrected chi connectivity index (χ3v) is 3.00. The van der Waals surface area contributed by atoms with Crippen LogP contribution in [0.3, 0.4) is 0 Å². The first-order valence-electron chi connectivity index (χ1n) is 4.36. The molecule has 2 nitrogen and oxygen atoms in total. The average Bonchev–Trinajstić information content (AvgIpc) is 2.65. The van der Waals surface area contributed by atoms with Crippen LogP contribution in [0.2, 0.25) is 0 Å². The van der Waals surface area contributed by atoms with Crippen molar-refractivity contribution in [2.45, 2.75) is 0 Å². The lowest BCUT2D eigenvalue weighted by Crippen LogP contribution is -1.86. The normalized spacial score (nSPS) is 11.2. The van der Waals surface area contributed by atoms with Crippen molar-refractivity contribution in [3.05, 3.63) is 46.3 Å². The highest BCUT2D eigenvalue weighted by Crippen LogP contribution is 2.18. The SMILES string of the molecule is Ic1ccc2c(ccc3nccn32)c1. The van der Waals surface area contributed by atoms with Crippen molar-refractivity contribution >= 4 is 39.1 Å². The summed E-state index contributed by atoms with van der Waals surface area (Å²) in [6, 6.07) is 10.6. The highest BCUT2D eigenvalue weighted by molar-refractivity contribution is 14.1. The van der Waals surface area contributed by atoms with Crippen molar-refractivity contribution in [1.29, 1.82) is 0 Å². The molecular formula is C11H7IN2. The van der Waals surface area contributed by atoms with Gasteiger partial charge in [0.25, 0.3) is 0 Å². The van der Waals surface area contributed by atoms with Gasteiger partial charge in [0.1, 0.15) is 5.65 Å². The van der Waals surface area contributed by atoms with Gasteiger partial charge in [-0.05, 0) is 58.3 Å². The summed E-state index contributed by atoms with van der Waals surface area (Å²) in [5.41, 5.74) is 2.21. The molecule has 0 aliphatic heterocycles. The van der Waals surface area contributed by atoms with Crippen LogP contribution in [0.15, 0.2) is 42.7 Å². The van der Waals surface area contributed by atoms with E-state index in [9.17, 15) is 0 Å². The van der Waals surface area contributed by atoms with E-state index in [4.69, 9.17) is 0 Å². The highest BCUT2D eigenvalue weighted by atomic mass is 127. The maximum Gasteiger partial charge on any atom is 0.137 e. The Morgan fingerprint density at radius 2 is 2.07 bits per heavy atom. The largest absolute Gasteiger partial charge is 0.300 e. The molecule has 0 bridgehead atoms. The fourth-order valence-electron chi connectivity index (χ4n) is 1.68. The van der Waals surface area contributed by atoms with Crippen molar-refractivity contribution < 1.29 is 0 Å². The van der Waals surface area contributed by atoms with Gasteiger partial charge in [-0.3, -0.25) is 4.40 Å². The van der Waals surface area contributed by atoms with Crippen molar-refractivity contribution in [2.75, 3.05) is 0 Å². The zero-order chi connectivity index (χ0) is 9.54. The number of aromatic nitrogens is 2. The Morgan fingerprint density at radius 3 is 3.00 bits per heavy atom.